The quantitative estimate of drug-likeness (QED) is 0.848. The molecule has 1 aromatic rings. The lowest BCUT2D eigenvalue weighted by Crippen LogP contribution is -2.34. The molecular weight excluding hydrogens is 290 g/mol. The van der Waals surface area contributed by atoms with Crippen molar-refractivity contribution in [1.29, 1.82) is 0 Å². The SMILES string of the molecule is CN(CC1CCOCC1)C(=O)c1sccc1C=CC(=O)O. The number of carboxylic acids is 1. The Morgan fingerprint density at radius 2 is 2.19 bits per heavy atom. The van der Waals surface area contributed by atoms with Crippen LogP contribution in [0.5, 0.6) is 0 Å². The van der Waals surface area contributed by atoms with E-state index in [0.29, 0.717) is 22.9 Å². The van der Waals surface area contributed by atoms with E-state index in [2.05, 4.69) is 0 Å². The second kappa shape index (κ2) is 7.38. The summed E-state index contributed by atoms with van der Waals surface area (Å²) < 4.78 is 5.32. The van der Waals surface area contributed by atoms with Crippen molar-refractivity contribution in [2.75, 3.05) is 26.8 Å². The topological polar surface area (TPSA) is 66.8 Å². The van der Waals surface area contributed by atoms with Crippen LogP contribution >= 0.6 is 11.3 Å². The Hall–Kier alpha value is -1.66. The highest BCUT2D eigenvalue weighted by atomic mass is 32.1. The highest BCUT2D eigenvalue weighted by Gasteiger charge is 2.21. The number of rotatable bonds is 5. The number of carbonyl (C=O) groups is 2. The molecule has 0 unspecified atom stereocenters. The molecule has 0 saturated carbocycles. The average molecular weight is 309 g/mol. The molecule has 1 aliphatic rings. The summed E-state index contributed by atoms with van der Waals surface area (Å²) in [6, 6.07) is 1.76. The Morgan fingerprint density at radius 1 is 1.48 bits per heavy atom. The lowest BCUT2D eigenvalue weighted by Gasteiger charge is -2.27. The van der Waals surface area contributed by atoms with Crippen molar-refractivity contribution < 1.29 is 19.4 Å². The summed E-state index contributed by atoms with van der Waals surface area (Å²) in [7, 11) is 1.79. The zero-order valence-electron chi connectivity index (χ0n) is 11.9. The van der Waals surface area contributed by atoms with E-state index in [1.165, 1.54) is 17.4 Å². The van der Waals surface area contributed by atoms with Crippen LogP contribution in [0.3, 0.4) is 0 Å². The van der Waals surface area contributed by atoms with Crippen LogP contribution in [0.1, 0.15) is 28.1 Å². The Balaban J connectivity index is 2.01. The van der Waals surface area contributed by atoms with Gasteiger partial charge in [-0.05, 0) is 41.8 Å². The minimum absolute atomic E-state index is 0.0541. The maximum Gasteiger partial charge on any atom is 0.328 e. The Bertz CT molecular complexity index is 532. The Labute approximate surface area is 127 Å². The Kier molecular flexibility index (Phi) is 5.52. The van der Waals surface area contributed by atoms with E-state index < -0.39 is 5.97 Å². The van der Waals surface area contributed by atoms with Crippen LogP contribution in [0.2, 0.25) is 0 Å². The zero-order chi connectivity index (χ0) is 15.2. The van der Waals surface area contributed by atoms with Crippen molar-refractivity contribution >= 4 is 29.3 Å². The molecule has 6 heteroatoms. The molecule has 2 heterocycles. The third-order valence-electron chi connectivity index (χ3n) is 3.52. The number of carbonyl (C=O) groups excluding carboxylic acids is 1. The molecule has 0 radical (unpaired) electrons. The first kappa shape index (κ1) is 15.7. The molecule has 0 aliphatic carbocycles. The van der Waals surface area contributed by atoms with Gasteiger partial charge < -0.3 is 14.7 Å². The second-order valence-electron chi connectivity index (χ2n) is 5.12. The van der Waals surface area contributed by atoms with Crippen molar-refractivity contribution in [1.82, 2.24) is 4.90 Å². The molecular formula is C15H19NO4S. The van der Waals surface area contributed by atoms with E-state index in [4.69, 9.17) is 9.84 Å². The van der Waals surface area contributed by atoms with Gasteiger partial charge in [-0.1, -0.05) is 0 Å². The maximum atomic E-state index is 12.5. The highest BCUT2D eigenvalue weighted by molar-refractivity contribution is 7.12. The second-order valence-corrected chi connectivity index (χ2v) is 6.03. The van der Waals surface area contributed by atoms with Crippen LogP contribution in [-0.4, -0.2) is 48.7 Å². The first-order valence-corrected chi connectivity index (χ1v) is 7.77. The standard InChI is InChI=1S/C15H19NO4S/c1-16(10-11-4-7-20-8-5-11)15(19)14-12(6-9-21-14)2-3-13(17)18/h2-3,6,9,11H,4-5,7-8,10H2,1H3,(H,17,18). The van der Waals surface area contributed by atoms with Gasteiger partial charge in [0.05, 0.1) is 4.88 Å². The van der Waals surface area contributed by atoms with Crippen LogP contribution < -0.4 is 0 Å². The maximum absolute atomic E-state index is 12.5. The van der Waals surface area contributed by atoms with Gasteiger partial charge in [-0.15, -0.1) is 11.3 Å². The fourth-order valence-electron chi connectivity index (χ4n) is 2.36. The van der Waals surface area contributed by atoms with Crippen LogP contribution in [0, 0.1) is 5.92 Å². The van der Waals surface area contributed by atoms with E-state index >= 15 is 0 Å². The van der Waals surface area contributed by atoms with E-state index in [0.717, 1.165) is 32.1 Å². The summed E-state index contributed by atoms with van der Waals surface area (Å²) in [6.45, 7) is 2.23. The first-order valence-electron chi connectivity index (χ1n) is 6.89. The molecule has 0 atom stereocenters. The summed E-state index contributed by atoms with van der Waals surface area (Å²) >= 11 is 1.34. The fraction of sp³-hybridized carbons (Fsp3) is 0.467. The molecule has 5 nitrogen and oxygen atoms in total. The van der Waals surface area contributed by atoms with Gasteiger partial charge in [0, 0.05) is 32.9 Å². The molecule has 1 saturated heterocycles. The van der Waals surface area contributed by atoms with Crippen molar-refractivity contribution in [2.24, 2.45) is 5.92 Å². The highest BCUT2D eigenvalue weighted by Crippen LogP contribution is 2.22. The van der Waals surface area contributed by atoms with Gasteiger partial charge in [-0.3, -0.25) is 4.79 Å². The molecule has 0 bridgehead atoms. The third kappa shape index (κ3) is 4.41. The molecule has 0 spiro atoms. The molecule has 114 valence electrons. The Morgan fingerprint density at radius 3 is 2.86 bits per heavy atom. The molecule has 0 aromatic carbocycles. The molecule has 1 aromatic heterocycles. The van der Waals surface area contributed by atoms with Crippen LogP contribution in [0.4, 0.5) is 0 Å². The predicted octanol–water partition coefficient (Wildman–Crippen LogP) is 2.34. The van der Waals surface area contributed by atoms with Crippen molar-refractivity contribution in [3.63, 3.8) is 0 Å². The number of thiophene rings is 1. The average Bonchev–Trinajstić information content (AvgIpc) is 2.93. The van der Waals surface area contributed by atoms with Gasteiger partial charge in [-0.2, -0.15) is 0 Å². The van der Waals surface area contributed by atoms with E-state index in [1.54, 1.807) is 23.4 Å². The number of nitrogens with zero attached hydrogens (tertiary/aromatic N) is 1. The third-order valence-corrected chi connectivity index (χ3v) is 4.43. The molecule has 2 rings (SSSR count). The van der Waals surface area contributed by atoms with Crippen LogP contribution in [0.15, 0.2) is 17.5 Å². The normalized spacial score (nSPS) is 16.2. The van der Waals surface area contributed by atoms with Crippen LogP contribution in [-0.2, 0) is 9.53 Å². The zero-order valence-corrected chi connectivity index (χ0v) is 12.8. The lowest BCUT2D eigenvalue weighted by atomic mass is 10.00. The fourth-order valence-corrected chi connectivity index (χ4v) is 3.24. The number of aliphatic carboxylic acids is 1. The number of ether oxygens (including phenoxy) is 1. The van der Waals surface area contributed by atoms with Gasteiger partial charge in [-0.25, -0.2) is 4.79 Å². The van der Waals surface area contributed by atoms with Gasteiger partial charge in [0.2, 0.25) is 0 Å². The van der Waals surface area contributed by atoms with Crippen LogP contribution in [0.25, 0.3) is 6.08 Å². The van der Waals surface area contributed by atoms with E-state index in [-0.39, 0.29) is 5.91 Å². The summed E-state index contributed by atoms with van der Waals surface area (Å²) in [5.41, 5.74) is 0.659. The molecule has 1 fully saturated rings. The van der Waals surface area contributed by atoms with Gasteiger partial charge >= 0.3 is 5.97 Å². The largest absolute Gasteiger partial charge is 0.478 e. The number of amides is 1. The summed E-state index contributed by atoms with van der Waals surface area (Å²) in [5.74, 6) is -0.595. The predicted molar refractivity (Wildman–Crippen MR) is 81.5 cm³/mol. The molecule has 1 amide bonds. The minimum atomic E-state index is -1.02. The first-order chi connectivity index (χ1) is 10.1. The van der Waals surface area contributed by atoms with Gasteiger partial charge in [0.15, 0.2) is 0 Å². The summed E-state index contributed by atoms with van der Waals surface area (Å²) in [5, 5.41) is 10.5. The van der Waals surface area contributed by atoms with Crippen molar-refractivity contribution in [3.8, 4) is 0 Å². The number of hydrogen-bond acceptors (Lipinski definition) is 4. The lowest BCUT2D eigenvalue weighted by molar-refractivity contribution is -0.131. The summed E-state index contributed by atoms with van der Waals surface area (Å²) in [6.07, 6.45) is 4.48. The van der Waals surface area contributed by atoms with E-state index in [9.17, 15) is 9.59 Å². The van der Waals surface area contributed by atoms with Crippen molar-refractivity contribution in [3.05, 3.63) is 28.0 Å². The number of carboxylic acid groups (broad SMARTS) is 1. The van der Waals surface area contributed by atoms with Gasteiger partial charge in [0.1, 0.15) is 0 Å². The van der Waals surface area contributed by atoms with Crippen molar-refractivity contribution in [2.45, 2.75) is 12.8 Å². The number of hydrogen-bond donors (Lipinski definition) is 1. The summed E-state index contributed by atoms with van der Waals surface area (Å²) in [4.78, 5) is 25.4. The van der Waals surface area contributed by atoms with Gasteiger partial charge in [0.25, 0.3) is 5.91 Å². The molecule has 1 aliphatic heterocycles. The smallest absolute Gasteiger partial charge is 0.328 e. The molecule has 1 N–H and O–H groups in total. The molecule has 21 heavy (non-hydrogen) atoms. The minimum Gasteiger partial charge on any atom is -0.478 e. The van der Waals surface area contributed by atoms with E-state index in [1.807, 2.05) is 0 Å². The monoisotopic (exact) mass is 309 g/mol.